The highest BCUT2D eigenvalue weighted by molar-refractivity contribution is 7.85. The molecule has 0 saturated carbocycles. The number of hydrogen-bond acceptors (Lipinski definition) is 8. The molecule has 0 aromatic carbocycles. The number of ether oxygens (including phenoxy) is 1. The van der Waals surface area contributed by atoms with Crippen molar-refractivity contribution in [3.05, 3.63) is 0 Å². The normalized spacial score (nSPS) is 12.9. The van der Waals surface area contributed by atoms with Gasteiger partial charge in [-0.3, -0.25) is 9.18 Å². The Bertz CT molecular complexity index is 614. The summed E-state index contributed by atoms with van der Waals surface area (Å²) in [4.78, 5) is 10.3. The van der Waals surface area contributed by atoms with E-state index < -0.39 is 50.3 Å². The highest BCUT2D eigenvalue weighted by Crippen LogP contribution is 2.46. The van der Waals surface area contributed by atoms with Crippen LogP contribution in [0.2, 0.25) is 0 Å². The Balaban J connectivity index is -0.000000553. The van der Waals surface area contributed by atoms with Crippen molar-refractivity contribution in [1.82, 2.24) is 0 Å². The van der Waals surface area contributed by atoms with Crippen LogP contribution in [-0.4, -0.2) is 62.3 Å². The van der Waals surface area contributed by atoms with Crippen molar-refractivity contribution in [1.29, 1.82) is 0 Å². The summed E-state index contributed by atoms with van der Waals surface area (Å²) in [5, 5.41) is 0. The number of halogens is 8. The largest absolute Gasteiger partial charge is 0.748 e. The molecule has 18 heteroatoms. The van der Waals surface area contributed by atoms with Gasteiger partial charge in [-0.2, -0.15) is 26.3 Å². The number of hydrogen-bond donors (Lipinski definition) is 0. The van der Waals surface area contributed by atoms with Crippen LogP contribution < -0.4 is 0 Å². The van der Waals surface area contributed by atoms with Gasteiger partial charge in [-0.15, -0.1) is 3.89 Å². The maximum absolute atomic E-state index is 12.4. The quantitative estimate of drug-likeness (QED) is 0.272. The number of carbonyl (C=O) groups is 1. The van der Waals surface area contributed by atoms with E-state index in [9.17, 15) is 52.4 Å². The molecule has 26 heavy (non-hydrogen) atoms. The first-order chi connectivity index (χ1) is 11.0. The Labute approximate surface area is 141 Å². The van der Waals surface area contributed by atoms with E-state index in [2.05, 4.69) is 4.74 Å². The molecule has 0 N–H and O–H groups in total. The van der Waals surface area contributed by atoms with Crippen molar-refractivity contribution in [3.63, 3.8) is 0 Å². The van der Waals surface area contributed by atoms with Gasteiger partial charge in [0, 0.05) is 6.92 Å². The summed E-state index contributed by atoms with van der Waals surface area (Å²) >= 11 is 0. The number of esters is 1. The second kappa shape index (κ2) is 10.2. The van der Waals surface area contributed by atoms with Crippen LogP contribution in [0.4, 0.5) is 34.6 Å². The minimum atomic E-state index is -6.31. The molecule has 0 spiro atoms. The molecule has 0 bridgehead atoms. The molecule has 0 fully saturated rings. The molecule has 8 nitrogen and oxygen atoms in total. The molecule has 160 valence electrons. The van der Waals surface area contributed by atoms with Crippen molar-refractivity contribution >= 4 is 26.6 Å². The van der Waals surface area contributed by atoms with E-state index in [1.54, 1.807) is 0 Å². The summed E-state index contributed by atoms with van der Waals surface area (Å²) in [6.07, 6.45) is -12.6. The van der Waals surface area contributed by atoms with Gasteiger partial charge in [-0.05, 0) is 6.92 Å². The molecule has 0 aliphatic rings. The van der Waals surface area contributed by atoms with Gasteiger partial charge >= 0.3 is 23.9 Å². The standard InChI is InChI=1S/C6H6F6O5S.C2H5F.FHO3S/c1-3(13)17-4(5(7,8)9,6(10,11)12)2-18(14,15)16;1-2-3;1-5(2,3)4/h2H2,1H3,(H,14,15,16);2H2,1H3;(H,2,3,4)/p-2. The third-order valence-electron chi connectivity index (χ3n) is 1.61. The maximum atomic E-state index is 12.4. The molecule has 0 aromatic heterocycles. The van der Waals surface area contributed by atoms with Crippen LogP contribution in [0.5, 0.6) is 0 Å². The molecule has 0 radical (unpaired) electrons. The van der Waals surface area contributed by atoms with Gasteiger partial charge in [-0.25, -0.2) is 16.8 Å². The summed E-state index contributed by atoms with van der Waals surface area (Å²) in [5.41, 5.74) is -5.37. The molecule has 0 rings (SSSR count). The zero-order valence-corrected chi connectivity index (χ0v) is 14.2. The van der Waals surface area contributed by atoms with Crippen LogP contribution in [0.3, 0.4) is 0 Å². The molecular formula is C8H10F8O8S2-2. The summed E-state index contributed by atoms with van der Waals surface area (Å²) in [7, 11) is -11.4. The average Bonchev–Trinajstić information content (AvgIpc) is 2.20. The predicted octanol–water partition coefficient (Wildman–Crippen LogP) is 1.35. The molecule has 0 aliphatic carbocycles. The lowest BCUT2D eigenvalue weighted by Gasteiger charge is -2.36. The molecule has 0 aliphatic heterocycles. The van der Waals surface area contributed by atoms with E-state index in [1.165, 1.54) is 6.92 Å². The van der Waals surface area contributed by atoms with Crippen molar-refractivity contribution in [2.45, 2.75) is 31.8 Å². The summed E-state index contributed by atoms with van der Waals surface area (Å²) in [5.74, 6) is -5.01. The van der Waals surface area contributed by atoms with Crippen molar-refractivity contribution in [2.75, 3.05) is 12.4 Å². The third kappa shape index (κ3) is 14.0. The zero-order chi connectivity index (χ0) is 22.2. The van der Waals surface area contributed by atoms with E-state index in [0.717, 1.165) is 0 Å². The summed E-state index contributed by atoms with van der Waals surface area (Å²) in [6, 6.07) is 0. The Morgan fingerprint density at radius 3 is 1.31 bits per heavy atom. The summed E-state index contributed by atoms with van der Waals surface area (Å²) in [6.45, 7) is 1.42. The minimum absolute atomic E-state index is 0.212. The molecule has 0 aromatic rings. The van der Waals surface area contributed by atoms with E-state index in [1.807, 2.05) is 0 Å². The predicted molar refractivity (Wildman–Crippen MR) is 63.6 cm³/mol. The minimum Gasteiger partial charge on any atom is -0.748 e. The molecule has 0 heterocycles. The van der Waals surface area contributed by atoms with Gasteiger partial charge in [0.2, 0.25) is 0 Å². The maximum Gasteiger partial charge on any atom is 0.438 e. The lowest BCUT2D eigenvalue weighted by Crippen LogP contribution is -2.63. The third-order valence-corrected chi connectivity index (χ3v) is 2.37. The fraction of sp³-hybridized carbons (Fsp3) is 0.875. The first-order valence-electron chi connectivity index (χ1n) is 5.52. The highest BCUT2D eigenvalue weighted by atomic mass is 32.3. The smallest absolute Gasteiger partial charge is 0.438 e. The molecular weight excluding hydrogens is 440 g/mol. The van der Waals surface area contributed by atoms with E-state index in [4.69, 9.17) is 13.0 Å². The topological polar surface area (TPSA) is 141 Å². The van der Waals surface area contributed by atoms with Gasteiger partial charge in [0.1, 0.15) is 0 Å². The number of alkyl halides is 7. The van der Waals surface area contributed by atoms with E-state index >= 15 is 0 Å². The Morgan fingerprint density at radius 2 is 1.19 bits per heavy atom. The van der Waals surface area contributed by atoms with Crippen LogP contribution >= 0.6 is 0 Å². The second-order valence-electron chi connectivity index (χ2n) is 3.78. The molecule has 0 amide bonds. The van der Waals surface area contributed by atoms with E-state index in [-0.39, 0.29) is 13.6 Å². The van der Waals surface area contributed by atoms with Crippen LogP contribution in [0, 0.1) is 0 Å². The zero-order valence-electron chi connectivity index (χ0n) is 12.5. The van der Waals surface area contributed by atoms with Crippen LogP contribution in [0.15, 0.2) is 0 Å². The average molecular weight is 450 g/mol. The Morgan fingerprint density at radius 1 is 0.962 bits per heavy atom. The lowest BCUT2D eigenvalue weighted by molar-refractivity contribution is -0.361. The first kappa shape index (κ1) is 29.5. The molecule has 0 saturated heterocycles. The second-order valence-corrected chi connectivity index (χ2v) is 5.97. The molecule has 0 atom stereocenters. The fourth-order valence-corrected chi connectivity index (χ4v) is 1.85. The van der Waals surface area contributed by atoms with Gasteiger partial charge in [-0.1, -0.05) is 0 Å². The number of carbonyl (C=O) groups excluding carboxylic acids is 1. The Hall–Kier alpha value is -1.27. The lowest BCUT2D eigenvalue weighted by atomic mass is 10.1. The van der Waals surface area contributed by atoms with E-state index in [0.29, 0.717) is 0 Å². The van der Waals surface area contributed by atoms with Crippen molar-refractivity contribution in [2.24, 2.45) is 0 Å². The van der Waals surface area contributed by atoms with Gasteiger partial charge in [0.05, 0.1) is 22.5 Å². The van der Waals surface area contributed by atoms with Crippen LogP contribution in [-0.2, 0) is 30.2 Å². The first-order valence-corrected chi connectivity index (χ1v) is 8.40. The monoisotopic (exact) mass is 450 g/mol. The van der Waals surface area contributed by atoms with Crippen molar-refractivity contribution < 1.29 is 70.1 Å². The summed E-state index contributed by atoms with van der Waals surface area (Å²) < 4.78 is 153. The Kier molecular flexibility index (Phi) is 11.5. The SMILES string of the molecule is CC(=O)OC(CS(=O)(=O)[O-])(C(F)(F)F)C(F)(F)F.CCF.O=S(=O)([O-])F. The highest BCUT2D eigenvalue weighted by Gasteiger charge is 2.74. The fourth-order valence-electron chi connectivity index (χ4n) is 0.964. The van der Waals surface area contributed by atoms with Crippen molar-refractivity contribution in [3.8, 4) is 0 Å². The molecule has 0 unspecified atom stereocenters. The van der Waals surface area contributed by atoms with Crippen LogP contribution in [0.1, 0.15) is 13.8 Å². The van der Waals surface area contributed by atoms with Crippen LogP contribution in [0.25, 0.3) is 0 Å². The van der Waals surface area contributed by atoms with Gasteiger partial charge in [0.25, 0.3) is 10.5 Å². The van der Waals surface area contributed by atoms with Gasteiger partial charge < -0.3 is 13.8 Å². The van der Waals surface area contributed by atoms with Gasteiger partial charge in [0.15, 0.2) is 0 Å². The number of rotatable bonds is 3.